The molecule has 1 amide bonds. The topological polar surface area (TPSA) is 78.9 Å². The van der Waals surface area contributed by atoms with Gasteiger partial charge in [0.1, 0.15) is 12.3 Å². The van der Waals surface area contributed by atoms with Crippen LogP contribution < -0.4 is 5.32 Å². The number of carbonyl (C=O) groups excluding carboxylic acids is 1. The van der Waals surface area contributed by atoms with Crippen molar-refractivity contribution >= 4 is 23.4 Å². The van der Waals surface area contributed by atoms with Crippen molar-refractivity contribution < 1.29 is 9.21 Å². The van der Waals surface area contributed by atoms with Crippen LogP contribution in [0.15, 0.2) is 46.4 Å². The summed E-state index contributed by atoms with van der Waals surface area (Å²) >= 11 is 1.22. The summed E-state index contributed by atoms with van der Waals surface area (Å²) < 4.78 is 5.07. The predicted molar refractivity (Wildman–Crippen MR) is 71.6 cm³/mol. The van der Waals surface area contributed by atoms with Gasteiger partial charge in [-0.3, -0.25) is 4.79 Å². The minimum atomic E-state index is -0.370. The van der Waals surface area contributed by atoms with E-state index in [1.165, 1.54) is 24.2 Å². The van der Waals surface area contributed by atoms with Gasteiger partial charge in [0.05, 0.1) is 22.7 Å². The second-order valence-electron chi connectivity index (χ2n) is 3.70. The number of amides is 1. The Bertz CT molecular complexity index is 605. The average molecular weight is 273 g/mol. The minimum Gasteiger partial charge on any atom is -0.440 e. The highest BCUT2D eigenvalue weighted by Gasteiger charge is 2.17. The second-order valence-corrected chi connectivity index (χ2v) is 5.00. The number of nitrogens with one attached hydrogen (secondary N) is 1. The molecule has 0 aliphatic carbocycles. The molecule has 5 nitrogen and oxygen atoms in total. The third-order valence-electron chi connectivity index (χ3n) is 2.36. The van der Waals surface area contributed by atoms with E-state index >= 15 is 0 Å². The number of anilines is 1. The lowest BCUT2D eigenvalue weighted by atomic mass is 10.2. The standard InChI is InChI=1S/C13H11N3O2S/c1-9(19-13-15-6-7-18-13)12(17)16-11-5-3-2-4-10(11)8-14/h2-7,9H,1H3,(H,16,17). The van der Waals surface area contributed by atoms with Gasteiger partial charge in [-0.2, -0.15) is 5.26 Å². The Kier molecular flexibility index (Phi) is 4.21. The van der Waals surface area contributed by atoms with E-state index in [9.17, 15) is 4.79 Å². The first kappa shape index (κ1) is 13.2. The van der Waals surface area contributed by atoms with E-state index in [1.54, 1.807) is 31.2 Å². The molecule has 1 aromatic heterocycles. The number of oxazole rings is 1. The maximum Gasteiger partial charge on any atom is 0.256 e. The number of rotatable bonds is 4. The van der Waals surface area contributed by atoms with Crippen LogP contribution in [0.4, 0.5) is 5.69 Å². The summed E-state index contributed by atoms with van der Waals surface area (Å²) in [6, 6.07) is 8.90. The van der Waals surface area contributed by atoms with Gasteiger partial charge in [0.15, 0.2) is 0 Å². The van der Waals surface area contributed by atoms with E-state index in [0.717, 1.165) is 0 Å². The Hall–Kier alpha value is -2.26. The molecule has 1 N–H and O–H groups in total. The molecule has 1 unspecified atom stereocenters. The molecule has 0 saturated carbocycles. The molecule has 0 aliphatic heterocycles. The van der Waals surface area contributed by atoms with Crippen LogP contribution in [0, 0.1) is 11.3 Å². The summed E-state index contributed by atoms with van der Waals surface area (Å²) in [6.45, 7) is 1.75. The maximum atomic E-state index is 12.0. The zero-order valence-corrected chi connectivity index (χ0v) is 11.0. The average Bonchev–Trinajstić information content (AvgIpc) is 2.92. The van der Waals surface area contributed by atoms with Gasteiger partial charge in [-0.25, -0.2) is 4.98 Å². The Morgan fingerprint density at radius 1 is 1.53 bits per heavy atom. The summed E-state index contributed by atoms with van der Waals surface area (Å²) in [5.41, 5.74) is 0.944. The lowest BCUT2D eigenvalue weighted by Crippen LogP contribution is -2.22. The summed E-state index contributed by atoms with van der Waals surface area (Å²) in [5, 5.41) is 11.7. The number of hydrogen-bond acceptors (Lipinski definition) is 5. The molecule has 1 atom stereocenters. The van der Waals surface area contributed by atoms with Gasteiger partial charge in [-0.05, 0) is 19.1 Å². The van der Waals surface area contributed by atoms with Crippen molar-refractivity contribution in [3.8, 4) is 6.07 Å². The number of para-hydroxylation sites is 1. The monoisotopic (exact) mass is 273 g/mol. The highest BCUT2D eigenvalue weighted by Crippen LogP contribution is 2.23. The SMILES string of the molecule is CC(Sc1ncco1)C(=O)Nc1ccccc1C#N. The van der Waals surface area contributed by atoms with Crippen LogP contribution in [-0.2, 0) is 4.79 Å². The molecular formula is C13H11N3O2S. The number of benzene rings is 1. The van der Waals surface area contributed by atoms with E-state index in [4.69, 9.17) is 9.68 Å². The number of thioether (sulfide) groups is 1. The smallest absolute Gasteiger partial charge is 0.256 e. The van der Waals surface area contributed by atoms with Crippen molar-refractivity contribution in [2.45, 2.75) is 17.4 Å². The number of hydrogen-bond donors (Lipinski definition) is 1. The van der Waals surface area contributed by atoms with Crippen LogP contribution in [0.2, 0.25) is 0 Å². The molecule has 0 radical (unpaired) electrons. The third kappa shape index (κ3) is 3.36. The molecule has 1 aromatic carbocycles. The van der Waals surface area contributed by atoms with Gasteiger partial charge < -0.3 is 9.73 Å². The number of nitrogens with zero attached hydrogens (tertiary/aromatic N) is 2. The first-order chi connectivity index (χ1) is 9.20. The van der Waals surface area contributed by atoms with Gasteiger partial charge in [0, 0.05) is 0 Å². The van der Waals surface area contributed by atoms with Crippen molar-refractivity contribution in [1.29, 1.82) is 5.26 Å². The summed E-state index contributed by atoms with van der Waals surface area (Å²) in [7, 11) is 0. The molecule has 1 heterocycles. The van der Waals surface area contributed by atoms with Crippen LogP contribution >= 0.6 is 11.8 Å². The molecule has 6 heteroatoms. The molecule has 19 heavy (non-hydrogen) atoms. The van der Waals surface area contributed by atoms with Crippen LogP contribution in [0.3, 0.4) is 0 Å². The van der Waals surface area contributed by atoms with Gasteiger partial charge in [0.25, 0.3) is 5.22 Å². The second kappa shape index (κ2) is 6.07. The summed E-state index contributed by atoms with van der Waals surface area (Å²) in [6.07, 6.45) is 2.98. The van der Waals surface area contributed by atoms with Crippen molar-refractivity contribution in [1.82, 2.24) is 4.98 Å². The highest BCUT2D eigenvalue weighted by atomic mass is 32.2. The zero-order chi connectivity index (χ0) is 13.7. The van der Waals surface area contributed by atoms with E-state index in [1.807, 2.05) is 6.07 Å². The van der Waals surface area contributed by atoms with E-state index < -0.39 is 0 Å². The molecule has 0 fully saturated rings. The normalized spacial score (nSPS) is 11.6. The van der Waals surface area contributed by atoms with E-state index in [2.05, 4.69) is 10.3 Å². The van der Waals surface area contributed by atoms with Gasteiger partial charge >= 0.3 is 0 Å². The number of nitriles is 1. The van der Waals surface area contributed by atoms with Crippen molar-refractivity contribution in [2.24, 2.45) is 0 Å². The fourth-order valence-electron chi connectivity index (χ4n) is 1.40. The molecule has 0 aliphatic rings. The fraction of sp³-hybridized carbons (Fsp3) is 0.154. The fourth-order valence-corrected chi connectivity index (χ4v) is 2.10. The summed E-state index contributed by atoms with van der Waals surface area (Å²) in [4.78, 5) is 15.9. The first-order valence-electron chi connectivity index (χ1n) is 5.57. The predicted octanol–water partition coefficient (Wildman–Crippen LogP) is 2.67. The Labute approximate surface area is 114 Å². The molecule has 2 aromatic rings. The molecule has 96 valence electrons. The largest absolute Gasteiger partial charge is 0.440 e. The van der Waals surface area contributed by atoms with Crippen molar-refractivity contribution in [3.05, 3.63) is 42.3 Å². The van der Waals surface area contributed by atoms with E-state index in [0.29, 0.717) is 16.5 Å². The Balaban J connectivity index is 2.03. The van der Waals surface area contributed by atoms with Crippen LogP contribution in [0.25, 0.3) is 0 Å². The number of aromatic nitrogens is 1. The minimum absolute atomic E-state index is 0.203. The lowest BCUT2D eigenvalue weighted by Gasteiger charge is -2.10. The third-order valence-corrected chi connectivity index (χ3v) is 3.33. The molecule has 0 saturated heterocycles. The molecule has 0 bridgehead atoms. The Morgan fingerprint density at radius 2 is 2.32 bits per heavy atom. The van der Waals surface area contributed by atoms with Gasteiger partial charge in [-0.1, -0.05) is 23.9 Å². The van der Waals surface area contributed by atoms with Crippen LogP contribution in [0.1, 0.15) is 12.5 Å². The van der Waals surface area contributed by atoms with Crippen molar-refractivity contribution in [2.75, 3.05) is 5.32 Å². The molecule has 0 spiro atoms. The lowest BCUT2D eigenvalue weighted by molar-refractivity contribution is -0.115. The molecule has 2 rings (SSSR count). The zero-order valence-electron chi connectivity index (χ0n) is 10.2. The van der Waals surface area contributed by atoms with Crippen LogP contribution in [0.5, 0.6) is 0 Å². The van der Waals surface area contributed by atoms with E-state index in [-0.39, 0.29) is 11.2 Å². The van der Waals surface area contributed by atoms with Gasteiger partial charge in [-0.15, -0.1) is 0 Å². The highest BCUT2D eigenvalue weighted by molar-refractivity contribution is 8.00. The van der Waals surface area contributed by atoms with Crippen molar-refractivity contribution in [3.63, 3.8) is 0 Å². The molecular weight excluding hydrogens is 262 g/mol. The van der Waals surface area contributed by atoms with Crippen LogP contribution in [-0.4, -0.2) is 16.1 Å². The number of carbonyl (C=O) groups is 1. The van der Waals surface area contributed by atoms with Gasteiger partial charge in [0.2, 0.25) is 5.91 Å². The Morgan fingerprint density at radius 3 is 3.00 bits per heavy atom. The summed E-state index contributed by atoms with van der Waals surface area (Å²) in [5.74, 6) is -0.203. The first-order valence-corrected chi connectivity index (χ1v) is 6.45. The quantitative estimate of drug-likeness (QED) is 0.866. The maximum absolute atomic E-state index is 12.0.